The van der Waals surface area contributed by atoms with E-state index in [1.807, 2.05) is 0 Å². The van der Waals surface area contributed by atoms with Crippen LogP contribution in [0, 0.1) is 0 Å². The van der Waals surface area contributed by atoms with Crippen LogP contribution >= 0.6 is 0 Å². The van der Waals surface area contributed by atoms with Crippen molar-refractivity contribution in [2.75, 3.05) is 6.54 Å². The average Bonchev–Trinajstić information content (AvgIpc) is 2.14. The summed E-state index contributed by atoms with van der Waals surface area (Å²) in [7, 11) is 0. The van der Waals surface area contributed by atoms with Gasteiger partial charge in [-0.05, 0) is 6.42 Å². The molecule has 1 fully saturated rings. The van der Waals surface area contributed by atoms with E-state index in [-0.39, 0.29) is 12.1 Å². The van der Waals surface area contributed by atoms with Crippen molar-refractivity contribution in [2.24, 2.45) is 0 Å². The lowest BCUT2D eigenvalue weighted by Gasteiger charge is -1.93. The Kier molecular flexibility index (Phi) is 1.60. The van der Waals surface area contributed by atoms with Crippen LogP contribution in [0.5, 0.6) is 0 Å². The lowest BCUT2D eigenvalue weighted by atomic mass is 10.2. The Morgan fingerprint density at radius 2 is 2.50 bits per heavy atom. The lowest BCUT2D eigenvalue weighted by molar-refractivity contribution is 0.195. The van der Waals surface area contributed by atoms with Gasteiger partial charge in [-0.15, -0.1) is 0 Å². The number of carbonyl (C=O) groups excluding carboxylic acids is 1. The molecule has 0 aromatic rings. The molecule has 0 saturated carbocycles. The van der Waals surface area contributed by atoms with Gasteiger partial charge in [-0.1, -0.05) is 0 Å². The molecule has 0 bridgehead atoms. The van der Waals surface area contributed by atoms with Crippen LogP contribution in [0.2, 0.25) is 0 Å². The van der Waals surface area contributed by atoms with Crippen LogP contribution in [0.3, 0.4) is 0 Å². The van der Waals surface area contributed by atoms with Gasteiger partial charge in [0, 0.05) is 6.54 Å². The minimum Gasteiger partial charge on any atom is -0.392 e. The highest BCUT2D eigenvalue weighted by atomic mass is 16.3. The topological polar surface area (TPSA) is 49.3 Å². The highest BCUT2D eigenvalue weighted by molar-refractivity contribution is 5.59. The maximum atomic E-state index is 9.85. The van der Waals surface area contributed by atoms with Crippen molar-refractivity contribution in [3.05, 3.63) is 0 Å². The van der Waals surface area contributed by atoms with E-state index in [0.29, 0.717) is 13.0 Å². The Hall–Kier alpha value is -0.410. The molecule has 1 aliphatic heterocycles. The zero-order valence-corrected chi connectivity index (χ0v) is 4.42. The third-order valence-corrected chi connectivity index (χ3v) is 1.25. The third kappa shape index (κ3) is 1.05. The standard InChI is InChI=1S/C5H8NO2/c7-3-4-1-5(8)2-6-4/h4-6,8H,1-2H2/t4-,5-/m0/s1. The quantitative estimate of drug-likeness (QED) is 0.451. The SMILES string of the molecule is O=[C][C@@H]1C[C@H](O)CN1. The Balaban J connectivity index is 2.32. The van der Waals surface area contributed by atoms with Gasteiger partial charge in [0.2, 0.25) is 6.29 Å². The second kappa shape index (κ2) is 2.24. The minimum absolute atomic E-state index is 0.231. The lowest BCUT2D eigenvalue weighted by Crippen LogP contribution is -2.22. The summed E-state index contributed by atoms with van der Waals surface area (Å²) in [6.07, 6.45) is 1.94. The molecule has 8 heavy (non-hydrogen) atoms. The van der Waals surface area contributed by atoms with E-state index in [1.165, 1.54) is 0 Å². The summed E-state index contributed by atoms with van der Waals surface area (Å²) in [4.78, 5) is 9.85. The molecule has 0 spiro atoms. The molecule has 0 amide bonds. The Morgan fingerprint density at radius 1 is 1.75 bits per heavy atom. The van der Waals surface area contributed by atoms with Crippen LogP contribution in [-0.4, -0.2) is 30.1 Å². The first kappa shape index (κ1) is 5.72. The molecule has 0 aliphatic carbocycles. The van der Waals surface area contributed by atoms with Crippen molar-refractivity contribution >= 4 is 6.29 Å². The van der Waals surface area contributed by atoms with E-state index in [0.717, 1.165) is 0 Å². The van der Waals surface area contributed by atoms with Crippen molar-refractivity contribution in [1.82, 2.24) is 5.32 Å². The normalized spacial score (nSPS) is 37.6. The second-order valence-electron chi connectivity index (χ2n) is 1.97. The summed E-state index contributed by atoms with van der Waals surface area (Å²) >= 11 is 0. The zero-order chi connectivity index (χ0) is 5.98. The first-order chi connectivity index (χ1) is 3.83. The highest BCUT2D eigenvalue weighted by Crippen LogP contribution is 2.02. The molecule has 1 rings (SSSR count). The summed E-state index contributed by atoms with van der Waals surface area (Å²) in [6.45, 7) is 0.528. The monoisotopic (exact) mass is 114 g/mol. The fourth-order valence-electron chi connectivity index (χ4n) is 0.807. The van der Waals surface area contributed by atoms with Gasteiger partial charge >= 0.3 is 0 Å². The highest BCUT2D eigenvalue weighted by Gasteiger charge is 2.21. The van der Waals surface area contributed by atoms with Crippen LogP contribution in [0.15, 0.2) is 0 Å². The molecule has 45 valence electrons. The van der Waals surface area contributed by atoms with Gasteiger partial charge in [0.25, 0.3) is 0 Å². The summed E-state index contributed by atoms with van der Waals surface area (Å²) in [6, 6.07) is -0.231. The van der Waals surface area contributed by atoms with E-state index in [2.05, 4.69) is 5.32 Å². The number of β-amino-alcohol motifs (C(OH)–C–C–N with tert-alkyl or cyclic N) is 1. The molecule has 1 heterocycles. The van der Waals surface area contributed by atoms with Crippen LogP contribution in [0.25, 0.3) is 0 Å². The molecule has 2 atom stereocenters. The first-order valence-electron chi connectivity index (χ1n) is 2.62. The van der Waals surface area contributed by atoms with Crippen molar-refractivity contribution in [2.45, 2.75) is 18.6 Å². The predicted octanol–water partition coefficient (Wildman–Crippen LogP) is -1.18. The Bertz CT molecular complexity index is 94.4. The zero-order valence-electron chi connectivity index (χ0n) is 4.42. The Morgan fingerprint density at radius 3 is 2.75 bits per heavy atom. The van der Waals surface area contributed by atoms with Gasteiger partial charge in [-0.25, -0.2) is 0 Å². The average molecular weight is 114 g/mol. The summed E-state index contributed by atoms with van der Waals surface area (Å²) < 4.78 is 0. The van der Waals surface area contributed by atoms with Gasteiger partial charge in [-0.3, -0.25) is 4.79 Å². The number of rotatable bonds is 1. The molecule has 0 aromatic carbocycles. The number of nitrogens with one attached hydrogen (secondary N) is 1. The third-order valence-electron chi connectivity index (χ3n) is 1.25. The largest absolute Gasteiger partial charge is 0.392 e. The molecule has 3 nitrogen and oxygen atoms in total. The van der Waals surface area contributed by atoms with Crippen molar-refractivity contribution in [3.63, 3.8) is 0 Å². The number of aliphatic hydroxyl groups is 1. The maximum Gasteiger partial charge on any atom is 0.216 e. The van der Waals surface area contributed by atoms with E-state index in [1.54, 1.807) is 6.29 Å². The van der Waals surface area contributed by atoms with Crippen molar-refractivity contribution < 1.29 is 9.90 Å². The Labute approximate surface area is 47.7 Å². The van der Waals surface area contributed by atoms with E-state index in [4.69, 9.17) is 5.11 Å². The van der Waals surface area contributed by atoms with Gasteiger partial charge in [0.05, 0.1) is 12.1 Å². The summed E-state index contributed by atoms with van der Waals surface area (Å²) in [5, 5.41) is 11.6. The van der Waals surface area contributed by atoms with Gasteiger partial charge < -0.3 is 10.4 Å². The second-order valence-corrected chi connectivity index (χ2v) is 1.97. The fourth-order valence-corrected chi connectivity index (χ4v) is 0.807. The molecule has 1 aliphatic rings. The van der Waals surface area contributed by atoms with E-state index in [9.17, 15) is 4.79 Å². The molecule has 0 aromatic heterocycles. The molecular formula is C5H8NO2. The van der Waals surface area contributed by atoms with E-state index < -0.39 is 0 Å². The number of hydrogen-bond donors (Lipinski definition) is 2. The predicted molar refractivity (Wildman–Crippen MR) is 28.1 cm³/mol. The molecule has 1 radical (unpaired) electrons. The van der Waals surface area contributed by atoms with Gasteiger partial charge in [0.1, 0.15) is 0 Å². The van der Waals surface area contributed by atoms with Crippen LogP contribution in [0.1, 0.15) is 6.42 Å². The summed E-state index contributed by atoms with van der Waals surface area (Å²) in [5.41, 5.74) is 0. The maximum absolute atomic E-state index is 9.85. The number of aliphatic hydroxyl groups excluding tert-OH is 1. The van der Waals surface area contributed by atoms with Gasteiger partial charge in [0.15, 0.2) is 0 Å². The smallest absolute Gasteiger partial charge is 0.216 e. The number of hydrogen-bond acceptors (Lipinski definition) is 3. The molecular weight excluding hydrogens is 106 g/mol. The molecule has 2 N–H and O–H groups in total. The van der Waals surface area contributed by atoms with Crippen LogP contribution in [0.4, 0.5) is 0 Å². The summed E-state index contributed by atoms with van der Waals surface area (Å²) in [5.74, 6) is 0. The minimum atomic E-state index is -0.346. The van der Waals surface area contributed by atoms with Crippen molar-refractivity contribution in [3.8, 4) is 0 Å². The molecule has 0 unspecified atom stereocenters. The van der Waals surface area contributed by atoms with Crippen molar-refractivity contribution in [1.29, 1.82) is 0 Å². The fraction of sp³-hybridized carbons (Fsp3) is 0.800. The first-order valence-corrected chi connectivity index (χ1v) is 2.62. The van der Waals surface area contributed by atoms with Crippen LogP contribution in [-0.2, 0) is 4.79 Å². The van der Waals surface area contributed by atoms with Gasteiger partial charge in [-0.2, -0.15) is 0 Å². The molecule has 3 heteroatoms. The molecule has 1 saturated heterocycles. The van der Waals surface area contributed by atoms with Crippen LogP contribution < -0.4 is 5.32 Å². The van der Waals surface area contributed by atoms with E-state index >= 15 is 0 Å².